The Hall–Kier alpha value is -2.43. The SMILES string of the molecule is [B]c1cccc(NC(=O)c2ccc(OC)cc2N)c1C. The maximum atomic E-state index is 12.2. The van der Waals surface area contributed by atoms with Crippen molar-refractivity contribution in [1.29, 1.82) is 0 Å². The third-order valence-corrected chi connectivity index (χ3v) is 3.13. The van der Waals surface area contributed by atoms with Crippen LogP contribution in [0.5, 0.6) is 5.75 Å². The molecule has 3 N–H and O–H groups in total. The molecule has 100 valence electrons. The van der Waals surface area contributed by atoms with Crippen LogP contribution in [0, 0.1) is 6.92 Å². The number of nitrogen functional groups attached to an aromatic ring is 1. The van der Waals surface area contributed by atoms with Crippen LogP contribution in [0.15, 0.2) is 36.4 Å². The number of methoxy groups -OCH3 is 1. The summed E-state index contributed by atoms with van der Waals surface area (Å²) in [6.07, 6.45) is 0. The largest absolute Gasteiger partial charge is 0.497 e. The van der Waals surface area contributed by atoms with Crippen molar-refractivity contribution in [3.63, 3.8) is 0 Å². The topological polar surface area (TPSA) is 64.3 Å². The van der Waals surface area contributed by atoms with E-state index in [0.29, 0.717) is 28.2 Å². The summed E-state index contributed by atoms with van der Waals surface area (Å²) in [7, 11) is 7.36. The molecule has 2 radical (unpaired) electrons. The minimum atomic E-state index is -0.279. The van der Waals surface area contributed by atoms with E-state index >= 15 is 0 Å². The molecule has 2 aromatic carbocycles. The quantitative estimate of drug-likeness (QED) is 0.655. The maximum absolute atomic E-state index is 12.2. The van der Waals surface area contributed by atoms with Crippen molar-refractivity contribution >= 4 is 30.6 Å². The van der Waals surface area contributed by atoms with Crippen LogP contribution >= 0.6 is 0 Å². The van der Waals surface area contributed by atoms with Gasteiger partial charge in [0.05, 0.1) is 12.7 Å². The molecule has 0 heterocycles. The average molecular weight is 266 g/mol. The molecular weight excluding hydrogens is 251 g/mol. The first kappa shape index (κ1) is 14.0. The van der Waals surface area contributed by atoms with Gasteiger partial charge in [0.25, 0.3) is 5.91 Å². The second-order valence-corrected chi connectivity index (χ2v) is 4.43. The van der Waals surface area contributed by atoms with Crippen molar-refractivity contribution in [3.8, 4) is 5.75 Å². The molecule has 0 saturated carbocycles. The van der Waals surface area contributed by atoms with Gasteiger partial charge in [-0.3, -0.25) is 4.79 Å². The van der Waals surface area contributed by atoms with Gasteiger partial charge in [0.2, 0.25) is 0 Å². The van der Waals surface area contributed by atoms with E-state index in [9.17, 15) is 4.79 Å². The van der Waals surface area contributed by atoms with Crippen LogP contribution in [0.1, 0.15) is 15.9 Å². The van der Waals surface area contributed by atoms with Gasteiger partial charge in [-0.25, -0.2) is 0 Å². The number of nitrogens with two attached hydrogens (primary N) is 1. The molecule has 0 saturated heterocycles. The third kappa shape index (κ3) is 2.77. The average Bonchev–Trinajstić information content (AvgIpc) is 2.43. The normalized spacial score (nSPS) is 10.1. The van der Waals surface area contributed by atoms with E-state index in [2.05, 4.69) is 5.32 Å². The molecule has 0 bridgehead atoms. The fraction of sp³-hybridized carbons (Fsp3) is 0.133. The highest BCUT2D eigenvalue weighted by molar-refractivity contribution is 6.34. The number of carbonyl (C=O) groups excluding carboxylic acids is 1. The summed E-state index contributed by atoms with van der Waals surface area (Å²) in [5.74, 6) is 0.332. The Bertz CT molecular complexity index is 656. The summed E-state index contributed by atoms with van der Waals surface area (Å²) in [6.45, 7) is 1.85. The van der Waals surface area contributed by atoms with Crippen LogP contribution in [-0.4, -0.2) is 20.9 Å². The van der Waals surface area contributed by atoms with E-state index in [1.165, 1.54) is 0 Å². The molecule has 20 heavy (non-hydrogen) atoms. The molecule has 2 rings (SSSR count). The molecule has 0 atom stereocenters. The zero-order valence-corrected chi connectivity index (χ0v) is 11.4. The zero-order valence-electron chi connectivity index (χ0n) is 11.4. The van der Waals surface area contributed by atoms with E-state index in [1.54, 1.807) is 43.5 Å². The van der Waals surface area contributed by atoms with E-state index in [0.717, 1.165) is 5.56 Å². The lowest BCUT2D eigenvalue weighted by molar-refractivity contribution is 0.102. The predicted octanol–water partition coefficient (Wildman–Crippen LogP) is 1.63. The fourth-order valence-electron chi connectivity index (χ4n) is 1.85. The van der Waals surface area contributed by atoms with Crippen LogP contribution in [0.2, 0.25) is 0 Å². The zero-order chi connectivity index (χ0) is 14.7. The van der Waals surface area contributed by atoms with Crippen molar-refractivity contribution in [1.82, 2.24) is 0 Å². The van der Waals surface area contributed by atoms with Crippen LogP contribution in [0.25, 0.3) is 0 Å². The summed E-state index contributed by atoms with van der Waals surface area (Å²) < 4.78 is 5.05. The molecule has 0 aromatic heterocycles. The highest BCUT2D eigenvalue weighted by Gasteiger charge is 2.12. The van der Waals surface area contributed by atoms with Crippen molar-refractivity contribution in [3.05, 3.63) is 47.5 Å². The number of hydrogen-bond donors (Lipinski definition) is 2. The van der Waals surface area contributed by atoms with Crippen LogP contribution in [-0.2, 0) is 0 Å². The van der Waals surface area contributed by atoms with Gasteiger partial charge in [-0.05, 0) is 30.7 Å². The summed E-state index contributed by atoms with van der Waals surface area (Å²) in [5, 5.41) is 2.81. The molecule has 0 spiro atoms. The van der Waals surface area contributed by atoms with Gasteiger partial charge in [-0.2, -0.15) is 0 Å². The molecule has 4 nitrogen and oxygen atoms in total. The molecule has 0 aliphatic heterocycles. The van der Waals surface area contributed by atoms with Gasteiger partial charge in [-0.1, -0.05) is 17.6 Å². The molecular formula is C15H15BN2O2. The standard InChI is InChI=1S/C15H15BN2O2/c1-9-12(16)4-3-5-14(9)18-15(19)11-7-6-10(20-2)8-13(11)17/h3-8H,17H2,1-2H3,(H,18,19). The van der Waals surface area contributed by atoms with Crippen LogP contribution in [0.4, 0.5) is 11.4 Å². The van der Waals surface area contributed by atoms with E-state index in [-0.39, 0.29) is 5.91 Å². The summed E-state index contributed by atoms with van der Waals surface area (Å²) >= 11 is 0. The Labute approximate surface area is 119 Å². The highest BCUT2D eigenvalue weighted by Crippen LogP contribution is 2.21. The number of benzene rings is 2. The number of nitrogens with one attached hydrogen (secondary N) is 1. The lowest BCUT2D eigenvalue weighted by atomic mass is 9.90. The van der Waals surface area contributed by atoms with Crippen molar-refractivity contribution in [2.75, 3.05) is 18.2 Å². The number of rotatable bonds is 3. The Morgan fingerprint density at radius 2 is 2.05 bits per heavy atom. The van der Waals surface area contributed by atoms with Crippen LogP contribution in [0.3, 0.4) is 0 Å². The number of amides is 1. The molecule has 0 fully saturated rings. The predicted molar refractivity (Wildman–Crippen MR) is 81.9 cm³/mol. The van der Waals surface area contributed by atoms with Crippen molar-refractivity contribution < 1.29 is 9.53 Å². The van der Waals surface area contributed by atoms with E-state index in [1.807, 2.05) is 6.92 Å². The van der Waals surface area contributed by atoms with Gasteiger partial charge in [0.15, 0.2) is 0 Å². The molecule has 0 aliphatic carbocycles. The fourth-order valence-corrected chi connectivity index (χ4v) is 1.85. The number of carbonyl (C=O) groups is 1. The number of ether oxygens (including phenoxy) is 1. The smallest absolute Gasteiger partial charge is 0.257 e. The maximum Gasteiger partial charge on any atom is 0.257 e. The molecule has 1 amide bonds. The Morgan fingerprint density at radius 1 is 1.30 bits per heavy atom. The summed E-state index contributed by atoms with van der Waals surface area (Å²) in [5.41, 5.74) is 8.74. The van der Waals surface area contributed by atoms with E-state index in [4.69, 9.17) is 18.3 Å². The minimum absolute atomic E-state index is 0.279. The van der Waals surface area contributed by atoms with Gasteiger partial charge < -0.3 is 15.8 Å². The van der Waals surface area contributed by atoms with Gasteiger partial charge in [0.1, 0.15) is 13.6 Å². The molecule has 0 unspecified atom stereocenters. The first-order chi connectivity index (χ1) is 9.52. The van der Waals surface area contributed by atoms with Crippen molar-refractivity contribution in [2.45, 2.75) is 6.92 Å². The molecule has 0 aliphatic rings. The molecule has 2 aromatic rings. The summed E-state index contributed by atoms with van der Waals surface area (Å²) in [6, 6.07) is 10.3. The number of hydrogen-bond acceptors (Lipinski definition) is 3. The third-order valence-electron chi connectivity index (χ3n) is 3.13. The second-order valence-electron chi connectivity index (χ2n) is 4.43. The van der Waals surface area contributed by atoms with Gasteiger partial charge in [-0.15, -0.1) is 0 Å². The van der Waals surface area contributed by atoms with Gasteiger partial charge >= 0.3 is 0 Å². The first-order valence-corrected chi connectivity index (χ1v) is 6.13. The Morgan fingerprint density at radius 3 is 2.70 bits per heavy atom. The van der Waals surface area contributed by atoms with Crippen LogP contribution < -0.4 is 21.3 Å². The number of anilines is 2. The van der Waals surface area contributed by atoms with E-state index < -0.39 is 0 Å². The second kappa shape index (κ2) is 5.69. The Balaban J connectivity index is 2.26. The van der Waals surface area contributed by atoms with Gasteiger partial charge in [0, 0.05) is 17.4 Å². The first-order valence-electron chi connectivity index (χ1n) is 6.13. The highest BCUT2D eigenvalue weighted by atomic mass is 16.5. The summed E-state index contributed by atoms with van der Waals surface area (Å²) in [4.78, 5) is 12.2. The monoisotopic (exact) mass is 266 g/mol. The van der Waals surface area contributed by atoms with Crippen molar-refractivity contribution in [2.24, 2.45) is 0 Å². The molecule has 5 heteroatoms. The lowest BCUT2D eigenvalue weighted by Gasteiger charge is -2.12. The Kier molecular flexibility index (Phi) is 3.98. The minimum Gasteiger partial charge on any atom is -0.497 e. The lowest BCUT2D eigenvalue weighted by Crippen LogP contribution is -2.17.